The van der Waals surface area contributed by atoms with Crippen LogP contribution in [-0.4, -0.2) is 50.5 Å². The van der Waals surface area contributed by atoms with Gasteiger partial charge in [0.25, 0.3) is 10.1 Å². The number of anilines is 4. The van der Waals surface area contributed by atoms with Crippen molar-refractivity contribution >= 4 is 77.7 Å². The Bertz CT molecular complexity index is 3110. The van der Waals surface area contributed by atoms with Gasteiger partial charge in [0, 0.05) is 46.9 Å². The molecule has 1 aliphatic heterocycles. The molecule has 65 heavy (non-hydrogen) atoms. The Hall–Kier alpha value is -2.80. The van der Waals surface area contributed by atoms with Crippen LogP contribution in [0.3, 0.4) is 0 Å². The van der Waals surface area contributed by atoms with Crippen LogP contribution in [-0.2, 0) is 25.0 Å². The van der Waals surface area contributed by atoms with Crippen molar-refractivity contribution in [2.75, 3.05) is 22.5 Å². The van der Waals surface area contributed by atoms with E-state index < -0.39 is 54.5 Å². The zero-order chi connectivity index (χ0) is 44.7. The molecule has 4 aromatic carbocycles. The molecule has 0 saturated heterocycles. The number of urea groups is 2. The molecule has 2 aliphatic rings. The summed E-state index contributed by atoms with van der Waals surface area (Å²) in [5.74, 6) is -1.37. The van der Waals surface area contributed by atoms with Crippen LogP contribution < -0.4 is 155 Å². The van der Waals surface area contributed by atoms with E-state index in [4.69, 9.17) is 10.2 Å². The molecule has 6 rings (SSSR count). The molecule has 1 heterocycles. The monoisotopic (exact) mass is 959 g/mol. The van der Waals surface area contributed by atoms with E-state index in [0.717, 1.165) is 17.2 Å². The molecule has 0 bridgehead atoms. The van der Waals surface area contributed by atoms with Crippen molar-refractivity contribution in [3.8, 4) is 22.5 Å². The summed E-state index contributed by atoms with van der Waals surface area (Å²) in [6.07, 6.45) is -0.416. The Kier molecular flexibility index (Phi) is 21.1. The van der Waals surface area contributed by atoms with E-state index >= 15 is 0 Å². The van der Waals surface area contributed by atoms with Gasteiger partial charge in [-0.2, -0.15) is 20.6 Å². The minimum Gasteiger partial charge on any atom is -0.744 e. The van der Waals surface area contributed by atoms with Crippen LogP contribution >= 0.6 is 0 Å². The molecule has 0 spiro atoms. The molecule has 23 heteroatoms. The van der Waals surface area contributed by atoms with E-state index in [0.29, 0.717) is 50.7 Å². The summed E-state index contributed by atoms with van der Waals surface area (Å²) in [6.45, 7) is 10.3. The fourth-order valence-corrected chi connectivity index (χ4v) is 8.72. The number of hydrogen-bond donors (Lipinski definition) is 6. The van der Waals surface area contributed by atoms with Crippen LogP contribution in [0.5, 0.6) is 0 Å². The maximum Gasteiger partial charge on any atom is 1.00 e. The quantitative estimate of drug-likeness (QED) is 0.0306. The average molecular weight is 960 g/mol. The third-order valence-electron chi connectivity index (χ3n) is 10.0. The van der Waals surface area contributed by atoms with Gasteiger partial charge >= 0.3 is 124 Å². The SMILES string of the molecule is Cc1cc(C)c(Nc2[c-]cc3c(-c4ccccc4S(=O)(=O)O)c4cc(S(=O)(=O)[O-])c(=[NH+]c5c(C)cc(C)c(NC(=O)NCCC(=O)[O-])c5C)cc-4oc3c2)c(C)c1NC([NH-])=O.[Na+].[Na+].[Na+].[Na+]. The molecule has 4 aromatic rings. The van der Waals surface area contributed by atoms with Gasteiger partial charge < -0.3 is 45.9 Å². The zero-order valence-corrected chi connectivity index (χ0v) is 47.2. The summed E-state index contributed by atoms with van der Waals surface area (Å²) in [6, 6.07) is 15.8. The number of hydrogen-bond acceptors (Lipinski definition) is 11. The number of nitrogens with one attached hydrogen (secondary N) is 6. The van der Waals surface area contributed by atoms with Gasteiger partial charge in [-0.05, 0) is 93.2 Å². The standard InChI is InChI=1S/C42H41N6O11S2.4Na/c1-20-15-22(3)39(47-41(43)51)24(5)37(20)45-26-11-12-27-31(17-26)59-32-19-30(46-38-21(2)16-23(4)40(25(38)6)48-42(52)44-14-13-35(49)50)34(61(56,57)58)18-29(32)36(27)28-9-7-8-10-33(28)60(53,54)55;;;;/h7-10,12,15-19H,13-14H2,1-6H3,(H9,43,44,45,46,47,48,49,50,51,52,53,54,55,56,57,58);;;;/q-1;4*+1/p-2. The number of carboxylic acids is 1. The zero-order valence-electron chi connectivity index (χ0n) is 37.5. The summed E-state index contributed by atoms with van der Waals surface area (Å²) in [5.41, 5.74) is 13.4. The van der Waals surface area contributed by atoms with Gasteiger partial charge in [-0.1, -0.05) is 40.9 Å². The fourth-order valence-electron chi connectivity index (χ4n) is 7.38. The first-order chi connectivity index (χ1) is 28.5. The van der Waals surface area contributed by atoms with Crippen LogP contribution in [0.4, 0.5) is 38.0 Å². The van der Waals surface area contributed by atoms with Gasteiger partial charge in [0.1, 0.15) is 25.7 Å². The van der Waals surface area contributed by atoms with Crippen molar-refractivity contribution in [1.82, 2.24) is 5.32 Å². The molecule has 0 radical (unpaired) electrons. The number of amides is 4. The number of carboxylic acid groups (broad SMARTS) is 1. The number of aryl methyl sites for hydroxylation is 4. The van der Waals surface area contributed by atoms with E-state index in [-0.39, 0.29) is 164 Å². The molecule has 0 unspecified atom stereocenters. The van der Waals surface area contributed by atoms with Gasteiger partial charge in [0.2, 0.25) is 11.0 Å². The smallest absolute Gasteiger partial charge is 0.744 e. The van der Waals surface area contributed by atoms with Crippen LogP contribution in [0.15, 0.2) is 74.9 Å². The summed E-state index contributed by atoms with van der Waals surface area (Å²) in [7, 11) is -10.2. The van der Waals surface area contributed by atoms with Gasteiger partial charge in [0.15, 0.2) is 6.03 Å². The van der Waals surface area contributed by atoms with E-state index in [1.807, 2.05) is 13.0 Å². The molecule has 318 valence electrons. The molecule has 1 aliphatic carbocycles. The molecule has 0 aromatic heterocycles. The molecule has 0 saturated carbocycles. The van der Waals surface area contributed by atoms with Crippen molar-refractivity contribution < 1.29 is 173 Å². The number of carbonyl (C=O) groups excluding carboxylic acids is 3. The third-order valence-corrected chi connectivity index (χ3v) is 11.8. The number of benzene rings is 5. The third kappa shape index (κ3) is 13.3. The minimum atomic E-state index is -5.29. The fraction of sp³-hybridized carbons (Fsp3) is 0.190. The van der Waals surface area contributed by atoms with Crippen LogP contribution in [0, 0.1) is 47.6 Å². The topological polar surface area (TPSA) is 285 Å². The van der Waals surface area contributed by atoms with E-state index in [1.165, 1.54) is 36.4 Å². The largest absolute Gasteiger partial charge is 1.00 e. The molecule has 17 nitrogen and oxygen atoms in total. The first-order valence-corrected chi connectivity index (χ1v) is 21.2. The first kappa shape index (κ1) is 58.3. The summed E-state index contributed by atoms with van der Waals surface area (Å²) in [4.78, 5) is 37.0. The number of fused-ring (bicyclic) bond motifs is 2. The molecular weight excluding hydrogens is 921 g/mol. The molecular formula is C42H39N6Na4O11S2+. The predicted molar refractivity (Wildman–Crippen MR) is 223 cm³/mol. The number of rotatable bonds is 11. The van der Waals surface area contributed by atoms with Gasteiger partial charge in [0.05, 0.1) is 11.8 Å². The Balaban J connectivity index is 0.00000363. The second-order valence-electron chi connectivity index (χ2n) is 14.3. The predicted octanol–water partition coefficient (Wildman–Crippen LogP) is -7.08. The maximum atomic E-state index is 13.1. The van der Waals surface area contributed by atoms with Gasteiger partial charge in [-0.25, -0.2) is 18.2 Å². The van der Waals surface area contributed by atoms with Gasteiger partial charge in [-0.3, -0.25) is 9.35 Å². The Morgan fingerprint density at radius 1 is 0.785 bits per heavy atom. The Morgan fingerprint density at radius 2 is 1.38 bits per heavy atom. The van der Waals surface area contributed by atoms with Crippen molar-refractivity contribution in [3.05, 3.63) is 111 Å². The summed E-state index contributed by atoms with van der Waals surface area (Å²) in [5, 5.41) is 21.7. The molecule has 7 N–H and O–H groups in total. The van der Waals surface area contributed by atoms with Gasteiger partial charge in [-0.15, -0.1) is 6.07 Å². The second kappa shape index (κ2) is 23.5. The number of aliphatic carboxylic acids is 1. The molecule has 4 amide bonds. The van der Waals surface area contributed by atoms with Crippen molar-refractivity contribution in [3.63, 3.8) is 0 Å². The van der Waals surface area contributed by atoms with E-state index in [9.17, 15) is 45.4 Å². The molecule has 0 fully saturated rings. The van der Waals surface area contributed by atoms with Crippen LogP contribution in [0.25, 0.3) is 39.2 Å². The molecule has 0 atom stereocenters. The van der Waals surface area contributed by atoms with E-state index in [2.05, 4.69) is 32.3 Å². The Morgan fingerprint density at radius 3 is 1.98 bits per heavy atom. The number of carbonyl (C=O) groups is 3. The Labute approximate surface area is 464 Å². The minimum absolute atomic E-state index is 0. The maximum absolute atomic E-state index is 13.1. The first-order valence-electron chi connectivity index (χ1n) is 18.4. The normalized spacial score (nSPS) is 11.4. The van der Waals surface area contributed by atoms with Crippen LogP contribution in [0.2, 0.25) is 0 Å². The second-order valence-corrected chi connectivity index (χ2v) is 17.1. The average Bonchev–Trinajstić information content (AvgIpc) is 3.16. The van der Waals surface area contributed by atoms with Crippen LogP contribution in [0.1, 0.15) is 39.8 Å². The van der Waals surface area contributed by atoms with E-state index in [1.54, 1.807) is 46.8 Å². The van der Waals surface area contributed by atoms with Crippen molar-refractivity contribution in [2.45, 2.75) is 57.8 Å². The summed E-state index contributed by atoms with van der Waals surface area (Å²) < 4.78 is 81.4. The van der Waals surface area contributed by atoms with Crippen molar-refractivity contribution in [2.24, 2.45) is 0 Å². The van der Waals surface area contributed by atoms with Crippen molar-refractivity contribution in [1.29, 1.82) is 0 Å². The summed E-state index contributed by atoms with van der Waals surface area (Å²) >= 11 is 0.